The molecule has 0 aliphatic carbocycles. The SMILES string of the molecule is CCOc1ccc2ccccc2c1/C=C(/C#N)C(=O)NCCc1ccccc1. The van der Waals surface area contributed by atoms with Crippen LogP contribution in [0.1, 0.15) is 18.1 Å². The molecule has 0 aliphatic heterocycles. The summed E-state index contributed by atoms with van der Waals surface area (Å²) in [6.45, 7) is 2.88. The van der Waals surface area contributed by atoms with Gasteiger partial charge in [0.2, 0.25) is 0 Å². The average Bonchev–Trinajstić information content (AvgIpc) is 2.73. The van der Waals surface area contributed by atoms with Gasteiger partial charge in [-0.25, -0.2) is 0 Å². The van der Waals surface area contributed by atoms with Crippen LogP contribution >= 0.6 is 0 Å². The van der Waals surface area contributed by atoms with E-state index in [9.17, 15) is 10.1 Å². The van der Waals surface area contributed by atoms with Crippen LogP contribution < -0.4 is 10.1 Å². The molecule has 4 heteroatoms. The van der Waals surface area contributed by atoms with Gasteiger partial charge in [-0.05, 0) is 41.8 Å². The Morgan fingerprint density at radius 3 is 2.57 bits per heavy atom. The van der Waals surface area contributed by atoms with Crippen molar-refractivity contribution >= 4 is 22.8 Å². The first-order valence-electron chi connectivity index (χ1n) is 9.31. The first-order valence-corrected chi connectivity index (χ1v) is 9.31. The van der Waals surface area contributed by atoms with Crippen LogP contribution in [-0.4, -0.2) is 19.1 Å². The van der Waals surface area contributed by atoms with E-state index in [2.05, 4.69) is 5.32 Å². The number of rotatable bonds is 7. The van der Waals surface area contributed by atoms with Crippen molar-refractivity contribution in [1.29, 1.82) is 5.26 Å². The van der Waals surface area contributed by atoms with Gasteiger partial charge >= 0.3 is 0 Å². The molecular formula is C24H22N2O2. The lowest BCUT2D eigenvalue weighted by atomic mass is 10.0. The monoisotopic (exact) mass is 370 g/mol. The van der Waals surface area contributed by atoms with Crippen molar-refractivity contribution in [3.63, 3.8) is 0 Å². The number of fused-ring (bicyclic) bond motifs is 1. The molecule has 3 aromatic rings. The molecule has 0 atom stereocenters. The fourth-order valence-electron chi connectivity index (χ4n) is 3.06. The average molecular weight is 370 g/mol. The Morgan fingerprint density at radius 2 is 1.82 bits per heavy atom. The summed E-state index contributed by atoms with van der Waals surface area (Å²) in [5.74, 6) is 0.278. The second-order valence-corrected chi connectivity index (χ2v) is 6.29. The summed E-state index contributed by atoms with van der Waals surface area (Å²) >= 11 is 0. The van der Waals surface area contributed by atoms with Crippen LogP contribution in [0.25, 0.3) is 16.8 Å². The maximum absolute atomic E-state index is 12.5. The molecule has 0 spiro atoms. The fraction of sp³-hybridized carbons (Fsp3) is 0.167. The Labute approximate surface area is 165 Å². The van der Waals surface area contributed by atoms with E-state index in [-0.39, 0.29) is 11.5 Å². The van der Waals surface area contributed by atoms with Crippen molar-refractivity contribution in [2.45, 2.75) is 13.3 Å². The van der Waals surface area contributed by atoms with Crippen molar-refractivity contribution in [2.75, 3.05) is 13.2 Å². The standard InChI is InChI=1S/C24H22N2O2/c1-2-28-23-13-12-19-10-6-7-11-21(19)22(23)16-20(17-25)24(27)26-15-14-18-8-4-3-5-9-18/h3-13,16H,2,14-15H2,1H3,(H,26,27)/b20-16-. The highest BCUT2D eigenvalue weighted by Gasteiger charge is 2.13. The van der Waals surface area contributed by atoms with Gasteiger partial charge < -0.3 is 10.1 Å². The van der Waals surface area contributed by atoms with E-state index in [0.717, 1.165) is 21.9 Å². The molecule has 0 heterocycles. The number of nitriles is 1. The Kier molecular flexibility index (Phi) is 6.43. The molecular weight excluding hydrogens is 348 g/mol. The van der Waals surface area contributed by atoms with Crippen molar-refractivity contribution in [2.24, 2.45) is 0 Å². The molecule has 4 nitrogen and oxygen atoms in total. The number of carbonyl (C=O) groups excluding carboxylic acids is 1. The van der Waals surface area contributed by atoms with Crippen LogP contribution in [-0.2, 0) is 11.2 Å². The lowest BCUT2D eigenvalue weighted by Crippen LogP contribution is -2.26. The molecule has 0 saturated heterocycles. The number of carbonyl (C=O) groups is 1. The molecule has 0 radical (unpaired) electrons. The number of hydrogen-bond acceptors (Lipinski definition) is 3. The minimum absolute atomic E-state index is 0.0605. The van der Waals surface area contributed by atoms with Crippen LogP contribution in [0.5, 0.6) is 5.75 Å². The van der Waals surface area contributed by atoms with E-state index in [1.54, 1.807) is 6.08 Å². The van der Waals surface area contributed by atoms with Gasteiger partial charge in [0.05, 0.1) is 6.61 Å². The van der Waals surface area contributed by atoms with E-state index in [4.69, 9.17) is 4.74 Å². The highest BCUT2D eigenvalue weighted by Crippen LogP contribution is 2.30. The quantitative estimate of drug-likeness (QED) is 0.492. The van der Waals surface area contributed by atoms with Crippen LogP contribution in [0.3, 0.4) is 0 Å². The maximum Gasteiger partial charge on any atom is 0.261 e. The topological polar surface area (TPSA) is 62.1 Å². The molecule has 0 aliphatic rings. The van der Waals surface area contributed by atoms with Crippen LogP contribution in [0.15, 0.2) is 72.3 Å². The van der Waals surface area contributed by atoms with Crippen LogP contribution in [0, 0.1) is 11.3 Å². The van der Waals surface area contributed by atoms with E-state index in [1.165, 1.54) is 0 Å². The van der Waals surface area contributed by atoms with Crippen molar-refractivity contribution in [3.05, 3.63) is 83.4 Å². The number of amides is 1. The third kappa shape index (κ3) is 4.57. The number of hydrogen-bond donors (Lipinski definition) is 1. The van der Waals surface area contributed by atoms with Gasteiger partial charge in [0.15, 0.2) is 0 Å². The first-order chi connectivity index (χ1) is 13.7. The Bertz CT molecular complexity index is 1030. The van der Waals surface area contributed by atoms with E-state index in [1.807, 2.05) is 79.7 Å². The van der Waals surface area contributed by atoms with Crippen LogP contribution in [0.2, 0.25) is 0 Å². The number of ether oxygens (including phenoxy) is 1. The third-order valence-electron chi connectivity index (χ3n) is 4.43. The third-order valence-corrected chi connectivity index (χ3v) is 4.43. The van der Waals surface area contributed by atoms with Gasteiger partial charge in [0, 0.05) is 12.1 Å². The minimum Gasteiger partial charge on any atom is -0.493 e. The predicted octanol–water partition coefficient (Wildman–Crippen LogP) is 4.50. The van der Waals surface area contributed by atoms with E-state index >= 15 is 0 Å². The lowest BCUT2D eigenvalue weighted by molar-refractivity contribution is -0.117. The fourth-order valence-corrected chi connectivity index (χ4v) is 3.06. The molecule has 1 N–H and O–H groups in total. The molecule has 0 aromatic heterocycles. The van der Waals surface area contributed by atoms with Gasteiger partial charge in [0.25, 0.3) is 5.91 Å². The predicted molar refractivity (Wildman–Crippen MR) is 112 cm³/mol. The zero-order valence-electron chi connectivity index (χ0n) is 15.8. The summed E-state index contributed by atoms with van der Waals surface area (Å²) in [6.07, 6.45) is 2.33. The summed E-state index contributed by atoms with van der Waals surface area (Å²) in [7, 11) is 0. The zero-order chi connectivity index (χ0) is 19.8. The lowest BCUT2D eigenvalue weighted by Gasteiger charge is -2.11. The first kappa shape index (κ1) is 19.2. The summed E-state index contributed by atoms with van der Waals surface area (Å²) in [5, 5.41) is 14.3. The zero-order valence-corrected chi connectivity index (χ0v) is 15.8. The molecule has 0 fully saturated rings. The van der Waals surface area contributed by atoms with Gasteiger partial charge in [-0.2, -0.15) is 5.26 Å². The molecule has 1 amide bonds. The van der Waals surface area contributed by atoms with E-state index < -0.39 is 0 Å². The van der Waals surface area contributed by atoms with Crippen LogP contribution in [0.4, 0.5) is 0 Å². The maximum atomic E-state index is 12.5. The second-order valence-electron chi connectivity index (χ2n) is 6.29. The largest absolute Gasteiger partial charge is 0.493 e. The summed E-state index contributed by atoms with van der Waals surface area (Å²) in [4.78, 5) is 12.5. The normalized spacial score (nSPS) is 11.1. The Balaban J connectivity index is 1.84. The summed E-state index contributed by atoms with van der Waals surface area (Å²) in [6, 6.07) is 23.6. The molecule has 0 saturated carbocycles. The van der Waals surface area contributed by atoms with E-state index in [0.29, 0.717) is 25.3 Å². The second kappa shape index (κ2) is 9.38. The highest BCUT2D eigenvalue weighted by molar-refractivity contribution is 6.04. The molecule has 0 unspecified atom stereocenters. The molecule has 3 rings (SSSR count). The number of nitrogens with zero attached hydrogens (tertiary/aromatic N) is 1. The van der Waals surface area contributed by atoms with Crippen molar-refractivity contribution < 1.29 is 9.53 Å². The Morgan fingerprint density at radius 1 is 1.07 bits per heavy atom. The smallest absolute Gasteiger partial charge is 0.261 e. The number of benzene rings is 3. The summed E-state index contributed by atoms with van der Waals surface area (Å²) in [5.41, 5.74) is 1.94. The molecule has 0 bridgehead atoms. The van der Waals surface area contributed by atoms with Gasteiger partial charge in [-0.1, -0.05) is 60.7 Å². The molecule has 3 aromatic carbocycles. The summed E-state index contributed by atoms with van der Waals surface area (Å²) < 4.78 is 5.72. The Hall–Kier alpha value is -3.58. The van der Waals surface area contributed by atoms with Gasteiger partial charge in [-0.3, -0.25) is 4.79 Å². The minimum atomic E-state index is -0.381. The van der Waals surface area contributed by atoms with Crippen molar-refractivity contribution in [1.82, 2.24) is 5.32 Å². The number of nitrogens with one attached hydrogen (secondary N) is 1. The molecule has 140 valence electrons. The van der Waals surface area contributed by atoms with Crippen molar-refractivity contribution in [3.8, 4) is 11.8 Å². The van der Waals surface area contributed by atoms with Gasteiger partial charge in [0.1, 0.15) is 17.4 Å². The highest BCUT2D eigenvalue weighted by atomic mass is 16.5. The van der Waals surface area contributed by atoms with Gasteiger partial charge in [-0.15, -0.1) is 0 Å². The molecule has 28 heavy (non-hydrogen) atoms.